The lowest BCUT2D eigenvalue weighted by atomic mass is 9.58. The normalized spacial score (nSPS) is 24.8. The number of amides is 1. The van der Waals surface area contributed by atoms with Gasteiger partial charge in [-0.2, -0.15) is 0 Å². The van der Waals surface area contributed by atoms with Crippen LogP contribution in [0.15, 0.2) is 78.9 Å². The standard InChI is InChI=1S/C28H29NO3/c1-31-24-12-8-22(9-13-24)26-28(18-16-21(17-19-28)20-6-4-3-5-7-20)27(30)29(26)23-10-14-25(32-2)15-11-23/h3-15,21,26H,16-19H2,1-2H3/t21?,26-,28?/m1/s1. The van der Waals surface area contributed by atoms with Crippen LogP contribution in [0.25, 0.3) is 0 Å². The van der Waals surface area contributed by atoms with E-state index in [-0.39, 0.29) is 17.4 Å². The SMILES string of the molecule is COc1ccc([C@H]2N(c3ccc(OC)cc3)C(=O)C23CCC(c2ccccc2)CC3)cc1. The van der Waals surface area contributed by atoms with Crippen molar-refractivity contribution >= 4 is 11.6 Å². The van der Waals surface area contributed by atoms with E-state index < -0.39 is 0 Å². The molecule has 1 aliphatic carbocycles. The van der Waals surface area contributed by atoms with Crippen molar-refractivity contribution < 1.29 is 14.3 Å². The van der Waals surface area contributed by atoms with E-state index in [0.717, 1.165) is 42.9 Å². The Hall–Kier alpha value is -3.27. The number of anilines is 1. The summed E-state index contributed by atoms with van der Waals surface area (Å²) in [7, 11) is 3.34. The fraction of sp³-hybridized carbons (Fsp3) is 0.321. The van der Waals surface area contributed by atoms with Gasteiger partial charge in [0.05, 0.1) is 25.7 Å². The number of hydrogen-bond donors (Lipinski definition) is 0. The summed E-state index contributed by atoms with van der Waals surface area (Å²) in [5.74, 6) is 2.40. The van der Waals surface area contributed by atoms with Crippen molar-refractivity contribution in [3.8, 4) is 11.5 Å². The number of β-lactam (4-membered cyclic amide) rings is 1. The molecule has 4 heteroatoms. The van der Waals surface area contributed by atoms with Crippen molar-refractivity contribution in [3.05, 3.63) is 90.0 Å². The van der Waals surface area contributed by atoms with Crippen LogP contribution >= 0.6 is 0 Å². The lowest BCUT2D eigenvalue weighted by Crippen LogP contribution is -2.64. The quantitative estimate of drug-likeness (QED) is 0.459. The van der Waals surface area contributed by atoms with Crippen molar-refractivity contribution in [3.63, 3.8) is 0 Å². The smallest absolute Gasteiger partial charge is 0.236 e. The van der Waals surface area contributed by atoms with E-state index in [2.05, 4.69) is 42.5 Å². The highest BCUT2D eigenvalue weighted by Crippen LogP contribution is 2.60. The third kappa shape index (κ3) is 3.35. The second-order valence-corrected chi connectivity index (χ2v) is 8.89. The van der Waals surface area contributed by atoms with E-state index in [1.165, 1.54) is 11.1 Å². The van der Waals surface area contributed by atoms with Crippen LogP contribution < -0.4 is 14.4 Å². The third-order valence-corrected chi connectivity index (χ3v) is 7.36. The molecule has 3 aromatic carbocycles. The van der Waals surface area contributed by atoms with Crippen molar-refractivity contribution in [2.24, 2.45) is 5.41 Å². The lowest BCUT2D eigenvalue weighted by Gasteiger charge is -2.58. The summed E-state index contributed by atoms with van der Waals surface area (Å²) in [5, 5.41) is 0. The van der Waals surface area contributed by atoms with Gasteiger partial charge >= 0.3 is 0 Å². The molecule has 0 bridgehead atoms. The molecule has 164 valence electrons. The number of benzene rings is 3. The fourth-order valence-electron chi connectivity index (χ4n) is 5.60. The molecule has 3 aromatic rings. The Balaban J connectivity index is 1.46. The minimum Gasteiger partial charge on any atom is -0.497 e. The highest BCUT2D eigenvalue weighted by atomic mass is 16.5. The molecule has 1 atom stereocenters. The molecule has 1 spiro atoms. The molecule has 1 aliphatic heterocycles. The zero-order valence-electron chi connectivity index (χ0n) is 18.7. The van der Waals surface area contributed by atoms with E-state index >= 15 is 0 Å². The van der Waals surface area contributed by atoms with Crippen molar-refractivity contribution in [1.82, 2.24) is 0 Å². The number of hydrogen-bond acceptors (Lipinski definition) is 3. The van der Waals surface area contributed by atoms with Crippen LogP contribution in [0, 0.1) is 5.41 Å². The van der Waals surface area contributed by atoms with Gasteiger partial charge in [-0.15, -0.1) is 0 Å². The average molecular weight is 428 g/mol. The van der Waals surface area contributed by atoms with Gasteiger partial charge in [0.25, 0.3) is 0 Å². The van der Waals surface area contributed by atoms with Crippen LogP contribution in [-0.4, -0.2) is 20.1 Å². The van der Waals surface area contributed by atoms with Gasteiger partial charge in [0.1, 0.15) is 11.5 Å². The number of carbonyl (C=O) groups excluding carboxylic acids is 1. The Labute approximate surface area is 189 Å². The van der Waals surface area contributed by atoms with E-state index in [9.17, 15) is 4.79 Å². The first kappa shape index (κ1) is 20.6. The first-order valence-corrected chi connectivity index (χ1v) is 11.3. The molecule has 0 radical (unpaired) electrons. The average Bonchev–Trinajstić information content (AvgIpc) is 2.88. The molecule has 5 rings (SSSR count). The zero-order chi connectivity index (χ0) is 22.1. The Morgan fingerprint density at radius 1 is 0.750 bits per heavy atom. The predicted molar refractivity (Wildman–Crippen MR) is 126 cm³/mol. The Morgan fingerprint density at radius 2 is 1.31 bits per heavy atom. The van der Waals surface area contributed by atoms with Gasteiger partial charge < -0.3 is 14.4 Å². The molecule has 1 saturated carbocycles. The molecule has 32 heavy (non-hydrogen) atoms. The number of methoxy groups -OCH3 is 2. The molecule has 0 unspecified atom stereocenters. The number of ether oxygens (including phenoxy) is 2. The minimum atomic E-state index is -0.334. The molecule has 2 aliphatic rings. The lowest BCUT2D eigenvalue weighted by molar-refractivity contribution is -0.143. The third-order valence-electron chi connectivity index (χ3n) is 7.36. The fourth-order valence-corrected chi connectivity index (χ4v) is 5.60. The maximum absolute atomic E-state index is 13.7. The topological polar surface area (TPSA) is 38.8 Å². The van der Waals surface area contributed by atoms with Crippen molar-refractivity contribution in [2.75, 3.05) is 19.1 Å². The van der Waals surface area contributed by atoms with Crippen molar-refractivity contribution in [1.29, 1.82) is 0 Å². The summed E-state index contributed by atoms with van der Waals surface area (Å²) in [6.45, 7) is 0. The van der Waals surface area contributed by atoms with Crippen LogP contribution in [0.3, 0.4) is 0 Å². The molecule has 1 saturated heterocycles. The van der Waals surface area contributed by atoms with Crippen molar-refractivity contribution in [2.45, 2.75) is 37.6 Å². The molecular weight excluding hydrogens is 398 g/mol. The van der Waals surface area contributed by atoms with E-state index in [0.29, 0.717) is 5.92 Å². The first-order chi connectivity index (χ1) is 15.7. The maximum atomic E-state index is 13.7. The molecular formula is C28H29NO3. The van der Waals surface area contributed by atoms with Crippen LogP contribution in [0.4, 0.5) is 5.69 Å². The van der Waals surface area contributed by atoms with Crippen LogP contribution in [-0.2, 0) is 4.79 Å². The number of nitrogens with zero attached hydrogens (tertiary/aromatic N) is 1. The highest BCUT2D eigenvalue weighted by Gasteiger charge is 2.61. The van der Waals surface area contributed by atoms with E-state index in [4.69, 9.17) is 9.47 Å². The molecule has 0 aromatic heterocycles. The molecule has 1 amide bonds. The predicted octanol–water partition coefficient (Wildman–Crippen LogP) is 6.14. The minimum absolute atomic E-state index is 0.0334. The van der Waals surface area contributed by atoms with Crippen LogP contribution in [0.2, 0.25) is 0 Å². The Bertz CT molecular complexity index is 1070. The van der Waals surface area contributed by atoms with Gasteiger partial charge in [-0.05, 0) is 79.1 Å². The summed E-state index contributed by atoms with van der Waals surface area (Å²) in [6, 6.07) is 26.8. The van der Waals surface area contributed by atoms with Gasteiger partial charge in [0.15, 0.2) is 0 Å². The van der Waals surface area contributed by atoms with Gasteiger partial charge in [0.2, 0.25) is 5.91 Å². The monoisotopic (exact) mass is 427 g/mol. The summed E-state index contributed by atoms with van der Waals surface area (Å²) in [6.07, 6.45) is 3.90. The summed E-state index contributed by atoms with van der Waals surface area (Å²) < 4.78 is 10.7. The second-order valence-electron chi connectivity index (χ2n) is 8.89. The molecule has 1 heterocycles. The second kappa shape index (κ2) is 8.34. The van der Waals surface area contributed by atoms with Gasteiger partial charge in [0, 0.05) is 5.69 Å². The largest absolute Gasteiger partial charge is 0.497 e. The summed E-state index contributed by atoms with van der Waals surface area (Å²) in [4.78, 5) is 15.7. The Kier molecular flexibility index (Phi) is 5.38. The summed E-state index contributed by atoms with van der Waals surface area (Å²) >= 11 is 0. The van der Waals surface area contributed by atoms with Gasteiger partial charge in [-0.25, -0.2) is 0 Å². The number of carbonyl (C=O) groups is 1. The zero-order valence-corrected chi connectivity index (χ0v) is 18.7. The Morgan fingerprint density at radius 3 is 1.88 bits per heavy atom. The van der Waals surface area contributed by atoms with Gasteiger partial charge in [-0.3, -0.25) is 4.79 Å². The molecule has 2 fully saturated rings. The first-order valence-electron chi connectivity index (χ1n) is 11.3. The van der Waals surface area contributed by atoms with E-state index in [1.54, 1.807) is 14.2 Å². The van der Waals surface area contributed by atoms with Crippen LogP contribution in [0.5, 0.6) is 11.5 Å². The van der Waals surface area contributed by atoms with E-state index in [1.807, 2.05) is 41.3 Å². The highest BCUT2D eigenvalue weighted by molar-refractivity contribution is 6.06. The molecule has 0 N–H and O–H groups in total. The summed E-state index contributed by atoms with van der Waals surface area (Å²) in [5.41, 5.74) is 3.15. The van der Waals surface area contributed by atoms with Gasteiger partial charge in [-0.1, -0.05) is 42.5 Å². The number of rotatable bonds is 5. The van der Waals surface area contributed by atoms with Crippen LogP contribution in [0.1, 0.15) is 48.8 Å². The maximum Gasteiger partial charge on any atom is 0.236 e. The molecule has 4 nitrogen and oxygen atoms in total.